The summed E-state index contributed by atoms with van der Waals surface area (Å²) in [4.78, 5) is 51.7. The van der Waals surface area contributed by atoms with Crippen molar-refractivity contribution < 1.29 is 19.2 Å². The highest BCUT2D eigenvalue weighted by atomic mass is 32.2. The van der Waals surface area contributed by atoms with Crippen LogP contribution in [0.3, 0.4) is 0 Å². The lowest BCUT2D eigenvalue weighted by Gasteiger charge is -2.32. The summed E-state index contributed by atoms with van der Waals surface area (Å²) in [5.74, 6) is -0.0972. The van der Waals surface area contributed by atoms with Crippen LogP contribution in [0.2, 0.25) is 0 Å². The van der Waals surface area contributed by atoms with E-state index in [2.05, 4.69) is 10.6 Å². The second kappa shape index (κ2) is 8.44. The number of nitrogens with zero attached hydrogens (tertiary/aromatic N) is 2. The lowest BCUT2D eigenvalue weighted by atomic mass is 10.2. The smallest absolute Gasteiger partial charge is 0.246 e. The second-order valence-electron chi connectivity index (χ2n) is 7.42. The van der Waals surface area contributed by atoms with Crippen molar-refractivity contribution in [2.75, 3.05) is 29.5 Å². The number of hydrogen-bond acceptors (Lipinski definition) is 5. The molecule has 156 valence electrons. The van der Waals surface area contributed by atoms with E-state index >= 15 is 0 Å². The molecule has 0 saturated carbocycles. The maximum Gasteiger partial charge on any atom is 0.246 e. The standard InChI is InChI=1S/C20H26N4O4S/c1-4-23(19(28)16-12-29-20(3)10-9-18(27)24(16)20)11-17(26)22-15-7-5-14(6-8-15)21-13(2)25/h5-8,16H,4,9-12H2,1-3H3,(H,21,25)(H,22,26). The Morgan fingerprint density at radius 1 is 1.21 bits per heavy atom. The van der Waals surface area contributed by atoms with E-state index in [0.29, 0.717) is 30.1 Å². The second-order valence-corrected chi connectivity index (χ2v) is 8.93. The number of amides is 4. The minimum atomic E-state index is -0.510. The zero-order valence-corrected chi connectivity index (χ0v) is 17.7. The van der Waals surface area contributed by atoms with Crippen molar-refractivity contribution in [3.05, 3.63) is 24.3 Å². The summed E-state index contributed by atoms with van der Waals surface area (Å²) in [6.45, 7) is 5.55. The number of likely N-dealkylation sites (N-methyl/N-ethyl adjacent to an activating group) is 1. The first kappa shape index (κ1) is 21.2. The van der Waals surface area contributed by atoms with E-state index in [4.69, 9.17) is 0 Å². The van der Waals surface area contributed by atoms with Crippen LogP contribution < -0.4 is 10.6 Å². The highest BCUT2D eigenvalue weighted by Gasteiger charge is 2.53. The molecule has 2 unspecified atom stereocenters. The monoisotopic (exact) mass is 418 g/mol. The van der Waals surface area contributed by atoms with Crippen LogP contribution in [0.5, 0.6) is 0 Å². The van der Waals surface area contributed by atoms with Crippen molar-refractivity contribution in [2.24, 2.45) is 0 Å². The number of rotatable bonds is 6. The minimum Gasteiger partial charge on any atom is -0.332 e. The molecule has 1 aromatic rings. The summed E-state index contributed by atoms with van der Waals surface area (Å²) >= 11 is 1.64. The van der Waals surface area contributed by atoms with Crippen molar-refractivity contribution in [1.29, 1.82) is 0 Å². The summed E-state index contributed by atoms with van der Waals surface area (Å²) in [6.07, 6.45) is 1.22. The Labute approximate surface area is 174 Å². The number of carbonyl (C=O) groups is 4. The molecule has 2 atom stereocenters. The van der Waals surface area contributed by atoms with Crippen molar-refractivity contribution in [3.8, 4) is 0 Å². The first-order valence-electron chi connectivity index (χ1n) is 9.66. The predicted octanol–water partition coefficient (Wildman–Crippen LogP) is 1.89. The van der Waals surface area contributed by atoms with Gasteiger partial charge in [-0.15, -0.1) is 11.8 Å². The van der Waals surface area contributed by atoms with Crippen molar-refractivity contribution in [1.82, 2.24) is 9.80 Å². The van der Waals surface area contributed by atoms with E-state index in [1.807, 2.05) is 13.8 Å². The van der Waals surface area contributed by atoms with Gasteiger partial charge in [0.05, 0.1) is 11.4 Å². The summed E-state index contributed by atoms with van der Waals surface area (Å²) in [6, 6.07) is 6.24. The van der Waals surface area contributed by atoms with Gasteiger partial charge in [0.25, 0.3) is 0 Å². The lowest BCUT2D eigenvalue weighted by Crippen LogP contribution is -2.52. The third-order valence-electron chi connectivity index (χ3n) is 5.25. The third kappa shape index (κ3) is 4.55. The van der Waals surface area contributed by atoms with Crippen molar-refractivity contribution in [2.45, 2.75) is 44.5 Å². The number of nitrogens with one attached hydrogen (secondary N) is 2. The number of carbonyl (C=O) groups excluding carboxylic acids is 4. The predicted molar refractivity (Wildman–Crippen MR) is 112 cm³/mol. The van der Waals surface area contributed by atoms with Gasteiger partial charge in [-0.2, -0.15) is 0 Å². The van der Waals surface area contributed by atoms with Crippen LogP contribution in [0.15, 0.2) is 24.3 Å². The van der Waals surface area contributed by atoms with Crippen molar-refractivity contribution >= 4 is 46.8 Å². The van der Waals surface area contributed by atoms with Gasteiger partial charge >= 0.3 is 0 Å². The summed E-state index contributed by atoms with van der Waals surface area (Å²) in [5, 5.41) is 5.42. The Hall–Kier alpha value is -2.55. The molecule has 0 aliphatic carbocycles. The van der Waals surface area contributed by atoms with Crippen LogP contribution in [0.1, 0.15) is 33.6 Å². The molecule has 0 aromatic heterocycles. The minimum absolute atomic E-state index is 0.00983. The molecule has 2 saturated heterocycles. The van der Waals surface area contributed by atoms with Gasteiger partial charge in [-0.1, -0.05) is 0 Å². The van der Waals surface area contributed by atoms with E-state index in [1.54, 1.807) is 40.9 Å². The fraction of sp³-hybridized carbons (Fsp3) is 0.500. The first-order chi connectivity index (χ1) is 13.7. The molecule has 0 spiro atoms. The number of fused-ring (bicyclic) bond motifs is 1. The molecule has 2 aliphatic rings. The van der Waals surface area contributed by atoms with Gasteiger partial charge in [0.1, 0.15) is 6.04 Å². The Kier molecular flexibility index (Phi) is 6.16. The van der Waals surface area contributed by atoms with Crippen molar-refractivity contribution in [3.63, 3.8) is 0 Å². The molecule has 3 rings (SSSR count). The average molecular weight is 419 g/mol. The third-order valence-corrected chi connectivity index (χ3v) is 6.75. The maximum atomic E-state index is 13.0. The number of anilines is 2. The van der Waals surface area contributed by atoms with Gasteiger partial charge < -0.3 is 20.4 Å². The average Bonchev–Trinajstić information content (AvgIpc) is 3.16. The molecule has 2 fully saturated rings. The first-order valence-corrected chi connectivity index (χ1v) is 10.6. The van der Waals surface area contributed by atoms with Gasteiger partial charge in [-0.3, -0.25) is 19.2 Å². The fourth-order valence-corrected chi connectivity index (χ4v) is 5.20. The molecule has 2 aliphatic heterocycles. The van der Waals surface area contributed by atoms with E-state index in [1.165, 1.54) is 11.8 Å². The maximum absolute atomic E-state index is 13.0. The van der Waals surface area contributed by atoms with E-state index < -0.39 is 6.04 Å². The van der Waals surface area contributed by atoms with Gasteiger partial charge in [0.15, 0.2) is 0 Å². The van der Waals surface area contributed by atoms with E-state index in [0.717, 1.165) is 6.42 Å². The SMILES string of the molecule is CCN(CC(=O)Nc1ccc(NC(C)=O)cc1)C(=O)C1CSC2(C)CCC(=O)N12. The Bertz CT molecular complexity index is 828. The quantitative estimate of drug-likeness (QED) is 0.735. The zero-order valence-electron chi connectivity index (χ0n) is 16.9. The van der Waals surface area contributed by atoms with Crippen LogP contribution in [-0.2, 0) is 19.2 Å². The molecule has 1 aromatic carbocycles. The van der Waals surface area contributed by atoms with E-state index in [-0.39, 0.29) is 35.0 Å². The molecule has 0 bridgehead atoms. The van der Waals surface area contributed by atoms with Gasteiger partial charge in [-0.05, 0) is 44.5 Å². The van der Waals surface area contributed by atoms with Gasteiger partial charge in [0.2, 0.25) is 23.6 Å². The number of benzene rings is 1. The highest BCUT2D eigenvalue weighted by molar-refractivity contribution is 8.01. The Balaban J connectivity index is 1.60. The summed E-state index contributed by atoms with van der Waals surface area (Å²) in [7, 11) is 0. The molecule has 29 heavy (non-hydrogen) atoms. The number of thioether (sulfide) groups is 1. The summed E-state index contributed by atoms with van der Waals surface area (Å²) < 4.78 is 0. The highest BCUT2D eigenvalue weighted by Crippen LogP contribution is 2.47. The largest absolute Gasteiger partial charge is 0.332 e. The van der Waals surface area contributed by atoms with Crippen LogP contribution in [0.4, 0.5) is 11.4 Å². The molecule has 2 N–H and O–H groups in total. The topological polar surface area (TPSA) is 98.8 Å². The van der Waals surface area contributed by atoms with Gasteiger partial charge in [-0.25, -0.2) is 0 Å². The molecule has 4 amide bonds. The molecular formula is C20H26N4O4S. The van der Waals surface area contributed by atoms with Crippen LogP contribution in [0.25, 0.3) is 0 Å². The molecule has 8 nitrogen and oxygen atoms in total. The Morgan fingerprint density at radius 3 is 2.41 bits per heavy atom. The lowest BCUT2D eigenvalue weighted by molar-refractivity contribution is -0.144. The normalized spacial score (nSPS) is 22.9. The summed E-state index contributed by atoms with van der Waals surface area (Å²) in [5.41, 5.74) is 1.21. The molecule has 0 radical (unpaired) electrons. The van der Waals surface area contributed by atoms with Crippen LogP contribution in [-0.4, -0.2) is 63.2 Å². The molecule has 9 heteroatoms. The van der Waals surface area contributed by atoms with Crippen LogP contribution >= 0.6 is 11.8 Å². The number of hydrogen-bond donors (Lipinski definition) is 2. The van der Waals surface area contributed by atoms with Gasteiger partial charge in [0, 0.05) is 37.0 Å². The van der Waals surface area contributed by atoms with E-state index in [9.17, 15) is 19.2 Å². The fourth-order valence-electron chi connectivity index (χ4n) is 3.77. The molecule has 2 heterocycles. The Morgan fingerprint density at radius 2 is 1.83 bits per heavy atom. The molecular weight excluding hydrogens is 392 g/mol. The van der Waals surface area contributed by atoms with Crippen LogP contribution in [0, 0.1) is 0 Å². The zero-order chi connectivity index (χ0) is 21.2.